The Balaban J connectivity index is 0.000000170. The number of rotatable bonds is 8. The zero-order valence-corrected chi connectivity index (χ0v) is 40.2. The topological polar surface area (TPSA) is 55.2 Å². The minimum atomic E-state index is -0.0942. The van der Waals surface area contributed by atoms with Crippen molar-refractivity contribution in [2.24, 2.45) is 0 Å². The van der Waals surface area contributed by atoms with Gasteiger partial charge in [-0.3, -0.25) is 0 Å². The van der Waals surface area contributed by atoms with Gasteiger partial charge >= 0.3 is 21.1 Å². The quantitative estimate of drug-likeness (QED) is 0.0902. The number of benzene rings is 6. The number of pyridine rings is 2. The van der Waals surface area contributed by atoms with E-state index in [4.69, 9.17) is 4.74 Å². The minimum Gasteiger partial charge on any atom is -0.540 e. The molecule has 0 unspecified atom stereocenters. The first-order chi connectivity index (χ1) is 30.1. The van der Waals surface area contributed by atoms with Gasteiger partial charge in [-0.05, 0) is 79.8 Å². The van der Waals surface area contributed by atoms with E-state index in [1.165, 1.54) is 60.5 Å². The molecule has 2 heterocycles. The molecule has 2 aliphatic rings. The maximum Gasteiger partial charge on any atom is 2.00 e. The predicted molar refractivity (Wildman–Crippen MR) is 260 cm³/mol. The van der Waals surface area contributed by atoms with Gasteiger partial charge in [0.1, 0.15) is 0 Å². The molecular weight excluding hydrogens is 992 g/mol. The van der Waals surface area contributed by atoms with Crippen LogP contribution in [0.3, 0.4) is 0 Å². The maximum atomic E-state index is 10.2. The average molecular weight is 1040 g/mol. The first-order valence-electron chi connectivity index (χ1n) is 20.9. The first kappa shape index (κ1) is 44.4. The van der Waals surface area contributed by atoms with E-state index in [0.717, 1.165) is 50.5 Å². The van der Waals surface area contributed by atoms with E-state index >= 15 is 0 Å². The molecule has 316 valence electrons. The van der Waals surface area contributed by atoms with E-state index in [9.17, 15) is 5.11 Å². The number of fused-ring (bicyclic) bond motifs is 6. The number of hydrogen-bond donors (Lipinski definition) is 2. The molecule has 0 bridgehead atoms. The molecule has 7 heteroatoms. The summed E-state index contributed by atoms with van der Waals surface area (Å²) in [5, 5.41) is 10.2. The van der Waals surface area contributed by atoms with Crippen LogP contribution in [0.1, 0.15) is 61.1 Å². The van der Waals surface area contributed by atoms with Crippen LogP contribution in [0.2, 0.25) is 0 Å². The molecule has 0 radical (unpaired) electrons. The Hall–Kier alpha value is -5.23. The van der Waals surface area contributed by atoms with Crippen molar-refractivity contribution in [3.05, 3.63) is 191 Å². The van der Waals surface area contributed by atoms with Gasteiger partial charge in [0.15, 0.2) is 0 Å². The third-order valence-electron chi connectivity index (χ3n) is 12.6. The molecule has 0 saturated carbocycles. The van der Waals surface area contributed by atoms with Crippen molar-refractivity contribution < 1.29 is 30.9 Å². The summed E-state index contributed by atoms with van der Waals surface area (Å²) in [4.78, 5) is 10.2. The van der Waals surface area contributed by atoms with Crippen molar-refractivity contribution >= 4 is 24.4 Å². The van der Waals surface area contributed by atoms with Crippen LogP contribution in [0.5, 0.6) is 5.75 Å². The number of nitrogens with zero attached hydrogens (tertiary/aromatic N) is 2. The van der Waals surface area contributed by atoms with Gasteiger partial charge in [-0.25, -0.2) is 0 Å². The number of thiol groups is 1. The summed E-state index contributed by atoms with van der Waals surface area (Å²) in [7, 11) is 1.71. The van der Waals surface area contributed by atoms with Gasteiger partial charge in [-0.1, -0.05) is 159 Å². The number of methoxy groups -OCH3 is 1. The Bertz CT molecular complexity index is 2790. The molecule has 8 aromatic rings. The fraction of sp³-hybridized carbons (Fsp3) is 0.179. The van der Waals surface area contributed by atoms with Crippen LogP contribution in [-0.4, -0.2) is 28.4 Å². The zero-order chi connectivity index (χ0) is 43.2. The van der Waals surface area contributed by atoms with Crippen molar-refractivity contribution in [2.75, 3.05) is 13.4 Å². The Labute approximate surface area is 395 Å². The van der Waals surface area contributed by atoms with E-state index in [0.29, 0.717) is 5.75 Å². The molecular formula is C56H48N2O2PtS2. The van der Waals surface area contributed by atoms with Crippen molar-refractivity contribution in [1.29, 1.82) is 0 Å². The van der Waals surface area contributed by atoms with Crippen LogP contribution in [0, 0.1) is 12.1 Å². The van der Waals surface area contributed by atoms with Crippen LogP contribution in [0.15, 0.2) is 151 Å². The first-order valence-corrected chi connectivity index (χ1v) is 22.7. The summed E-state index contributed by atoms with van der Waals surface area (Å²) >= 11 is 6.07. The fourth-order valence-electron chi connectivity index (χ4n) is 9.62. The summed E-state index contributed by atoms with van der Waals surface area (Å²) < 4.78 is 5.79. The Kier molecular flexibility index (Phi) is 12.7. The van der Waals surface area contributed by atoms with Gasteiger partial charge in [0, 0.05) is 46.2 Å². The van der Waals surface area contributed by atoms with Crippen molar-refractivity contribution in [3.63, 3.8) is 0 Å². The van der Waals surface area contributed by atoms with Crippen LogP contribution < -0.4 is 4.74 Å². The molecule has 0 aliphatic heterocycles. The van der Waals surface area contributed by atoms with Crippen molar-refractivity contribution in [3.8, 4) is 72.8 Å². The number of aliphatic hydroxyl groups excluding tert-OH is 1. The molecule has 6 aromatic carbocycles. The van der Waals surface area contributed by atoms with Gasteiger partial charge in [-0.15, -0.1) is 53.2 Å². The van der Waals surface area contributed by atoms with Gasteiger partial charge in [0.2, 0.25) is 0 Å². The van der Waals surface area contributed by atoms with Crippen LogP contribution in [0.25, 0.3) is 67.0 Å². The molecule has 0 spiro atoms. The smallest absolute Gasteiger partial charge is 0.540 e. The minimum absolute atomic E-state index is 0. The molecule has 2 aliphatic carbocycles. The standard InChI is InChI=1S/2C28H24NOS.Pt/c1-28(2)24-11-6-5-8-21(24)22-10-7-9-20(27(22)28)18-12-13-23(26(16-18)30-3)25-17-19(31-4)14-15-29-25;1-28(2)25-9-4-3-6-23(25)24-8-5-7-22(27(24)28)19-10-11-21(20(15-19)16-30)26-14-18(17-31)12-13-29-26;/h5-12,14-17H,1-4H3;3-10,12-15,30-31H,16-17H2,1-2H3;/q2*-1;+2. The fourth-order valence-corrected chi connectivity index (χ4v) is 10.2. The molecule has 0 fully saturated rings. The predicted octanol–water partition coefficient (Wildman–Crippen LogP) is 13.7. The second-order valence-electron chi connectivity index (χ2n) is 16.9. The second-order valence-corrected chi connectivity index (χ2v) is 18.1. The largest absolute Gasteiger partial charge is 2.00 e. The van der Waals surface area contributed by atoms with E-state index in [-0.39, 0.29) is 38.5 Å². The molecule has 10 rings (SSSR count). The third-order valence-corrected chi connectivity index (χ3v) is 13.7. The van der Waals surface area contributed by atoms with Gasteiger partial charge in [0.25, 0.3) is 0 Å². The van der Waals surface area contributed by atoms with E-state index in [1.54, 1.807) is 25.1 Å². The Morgan fingerprint density at radius 1 is 0.619 bits per heavy atom. The van der Waals surface area contributed by atoms with E-state index in [1.807, 2.05) is 30.5 Å². The van der Waals surface area contributed by atoms with Crippen molar-refractivity contribution in [1.82, 2.24) is 9.97 Å². The molecule has 0 saturated heterocycles. The number of hydrogen-bond acceptors (Lipinski definition) is 6. The summed E-state index contributed by atoms with van der Waals surface area (Å²) in [5.41, 5.74) is 20.4. The maximum absolute atomic E-state index is 10.2. The third kappa shape index (κ3) is 7.90. The van der Waals surface area contributed by atoms with E-state index in [2.05, 4.69) is 178 Å². The molecule has 2 aromatic heterocycles. The van der Waals surface area contributed by atoms with Crippen molar-refractivity contribution in [2.45, 2.75) is 55.8 Å². The molecule has 0 atom stereocenters. The van der Waals surface area contributed by atoms with Gasteiger partial charge < -0.3 is 19.8 Å². The molecule has 0 amide bonds. The van der Waals surface area contributed by atoms with Crippen LogP contribution in [-0.2, 0) is 44.3 Å². The Morgan fingerprint density at radius 3 is 1.68 bits per heavy atom. The second kappa shape index (κ2) is 18.1. The SMILES string of the molecule is CC1(C)c2ccccc2-c2cccc(-c3c[c-]c(-c4cc(CS)ccn4)c(CO)c3)c21.COc1cc(-c2cccc3c2C(C)(C)c2ccccc2-3)c[c-]c1-c1cc(SC)ccn1.[Pt+2]. The monoisotopic (exact) mass is 1040 g/mol. The summed E-state index contributed by atoms with van der Waals surface area (Å²) in [6.07, 6.45) is 5.69. The van der Waals surface area contributed by atoms with Crippen LogP contribution in [0.4, 0.5) is 0 Å². The summed E-state index contributed by atoms with van der Waals surface area (Å²) in [5.74, 6) is 1.43. The van der Waals surface area contributed by atoms with Crippen LogP contribution >= 0.6 is 24.4 Å². The molecule has 63 heavy (non-hydrogen) atoms. The summed E-state index contributed by atoms with van der Waals surface area (Å²) in [6.45, 7) is 9.14. The van der Waals surface area contributed by atoms with E-state index < -0.39 is 0 Å². The normalized spacial score (nSPS) is 13.4. The number of aromatic nitrogens is 2. The Morgan fingerprint density at radius 2 is 1.13 bits per heavy atom. The summed E-state index contributed by atoms with van der Waals surface area (Å²) in [6, 6.07) is 53.7. The molecule has 1 N–H and O–H groups in total. The number of thioether (sulfide) groups is 1. The average Bonchev–Trinajstić information content (AvgIpc) is 3.71. The van der Waals surface area contributed by atoms with Gasteiger partial charge in [0.05, 0.1) is 7.11 Å². The zero-order valence-electron chi connectivity index (χ0n) is 36.2. The van der Waals surface area contributed by atoms with Gasteiger partial charge in [-0.2, -0.15) is 12.6 Å². The molecule has 4 nitrogen and oxygen atoms in total. The number of aliphatic hydroxyl groups is 1. The number of ether oxygens (including phenoxy) is 1.